The summed E-state index contributed by atoms with van der Waals surface area (Å²) in [6.45, 7) is 0.326. The number of hydrogen-bond acceptors (Lipinski definition) is 3. The second-order valence-electron chi connectivity index (χ2n) is 3.90. The molecule has 0 amide bonds. The largest absolute Gasteiger partial charge is 0.485 e. The van der Waals surface area contributed by atoms with Crippen molar-refractivity contribution >= 4 is 0 Å². The second-order valence-corrected chi connectivity index (χ2v) is 3.90. The summed E-state index contributed by atoms with van der Waals surface area (Å²) in [7, 11) is 0. The smallest absolute Gasteiger partial charge is 0.203 e. The fourth-order valence-electron chi connectivity index (χ4n) is 0.961. The van der Waals surface area contributed by atoms with Gasteiger partial charge in [0.1, 0.15) is 6.61 Å². The summed E-state index contributed by atoms with van der Waals surface area (Å²) in [6, 6.07) is 0.0746. The molecule has 0 radical (unpaired) electrons. The molecular weight excluding hydrogens is 242 g/mol. The molecule has 1 aromatic rings. The van der Waals surface area contributed by atoms with Crippen molar-refractivity contribution in [3.05, 3.63) is 29.3 Å². The summed E-state index contributed by atoms with van der Waals surface area (Å²) in [5.41, 5.74) is 4.16. The zero-order chi connectivity index (χ0) is 13.2. The van der Waals surface area contributed by atoms with Crippen LogP contribution >= 0.6 is 0 Å². The van der Waals surface area contributed by atoms with Crippen LogP contribution in [0.15, 0.2) is 6.07 Å². The molecule has 0 heterocycles. The molecule has 1 aromatic carbocycles. The van der Waals surface area contributed by atoms with Crippen LogP contribution in [0.3, 0.4) is 0 Å². The van der Waals surface area contributed by atoms with Gasteiger partial charge in [-0.1, -0.05) is 0 Å². The Morgan fingerprint density at radius 3 is 2.12 bits per heavy atom. The van der Waals surface area contributed by atoms with E-state index in [1.807, 2.05) is 0 Å². The van der Waals surface area contributed by atoms with E-state index in [9.17, 15) is 17.6 Å². The number of ether oxygens (including phenoxy) is 1. The van der Waals surface area contributed by atoms with Gasteiger partial charge in [0.05, 0.1) is 12.1 Å². The van der Waals surface area contributed by atoms with Crippen LogP contribution in [0.2, 0.25) is 0 Å². The lowest BCUT2D eigenvalue weighted by Crippen LogP contribution is -2.46. The van der Waals surface area contributed by atoms with E-state index in [1.165, 1.54) is 6.92 Å². The number of aliphatic hydroxyl groups excluding tert-OH is 1. The molecule has 7 heteroatoms. The Morgan fingerprint density at radius 1 is 1.24 bits per heavy atom. The highest BCUT2D eigenvalue weighted by Crippen LogP contribution is 2.26. The van der Waals surface area contributed by atoms with Crippen molar-refractivity contribution in [2.45, 2.75) is 12.5 Å². The van der Waals surface area contributed by atoms with E-state index in [4.69, 9.17) is 10.8 Å². The van der Waals surface area contributed by atoms with E-state index in [1.54, 1.807) is 0 Å². The molecule has 0 saturated heterocycles. The van der Waals surface area contributed by atoms with E-state index >= 15 is 0 Å². The maximum atomic E-state index is 13.1. The SMILES string of the molecule is CC(N)(CO)COc1c(F)c(F)cc(F)c1F. The van der Waals surface area contributed by atoms with Crippen molar-refractivity contribution in [3.63, 3.8) is 0 Å². The summed E-state index contributed by atoms with van der Waals surface area (Å²) in [5, 5.41) is 8.78. The standard InChI is InChI=1S/C10H11F4NO2/c1-10(15,3-16)4-17-9-7(13)5(11)2-6(12)8(9)14/h2,16H,3-4,15H2,1H3. The Bertz CT molecular complexity index is 397. The molecular formula is C10H11F4NO2. The molecule has 0 saturated carbocycles. The minimum Gasteiger partial charge on any atom is -0.485 e. The van der Waals surface area contributed by atoms with Crippen molar-refractivity contribution in [3.8, 4) is 5.75 Å². The van der Waals surface area contributed by atoms with Crippen molar-refractivity contribution in [2.75, 3.05) is 13.2 Å². The third-order valence-electron chi connectivity index (χ3n) is 1.98. The van der Waals surface area contributed by atoms with E-state index in [-0.39, 0.29) is 6.07 Å². The van der Waals surface area contributed by atoms with Crippen molar-refractivity contribution < 1.29 is 27.4 Å². The van der Waals surface area contributed by atoms with Crippen LogP contribution in [-0.4, -0.2) is 23.9 Å². The van der Waals surface area contributed by atoms with Gasteiger partial charge in [0.2, 0.25) is 11.6 Å². The highest BCUT2D eigenvalue weighted by Gasteiger charge is 2.24. The second kappa shape index (κ2) is 4.89. The van der Waals surface area contributed by atoms with Gasteiger partial charge in [0, 0.05) is 6.07 Å². The Morgan fingerprint density at radius 2 is 1.71 bits per heavy atom. The van der Waals surface area contributed by atoms with Crippen molar-refractivity contribution in [1.82, 2.24) is 0 Å². The first kappa shape index (κ1) is 13.7. The molecule has 96 valence electrons. The van der Waals surface area contributed by atoms with Crippen molar-refractivity contribution in [2.24, 2.45) is 5.73 Å². The molecule has 1 rings (SSSR count). The number of aliphatic hydroxyl groups is 1. The Labute approximate surface area is 94.8 Å². The third-order valence-corrected chi connectivity index (χ3v) is 1.98. The van der Waals surface area contributed by atoms with Crippen LogP contribution in [0.5, 0.6) is 5.75 Å². The molecule has 0 bridgehead atoms. The van der Waals surface area contributed by atoms with Gasteiger partial charge in [-0.2, -0.15) is 8.78 Å². The first-order valence-electron chi connectivity index (χ1n) is 4.64. The fraction of sp³-hybridized carbons (Fsp3) is 0.400. The van der Waals surface area contributed by atoms with E-state index in [2.05, 4.69) is 4.74 Å². The summed E-state index contributed by atoms with van der Waals surface area (Å²) >= 11 is 0. The summed E-state index contributed by atoms with van der Waals surface area (Å²) in [5.74, 6) is -7.61. The molecule has 3 N–H and O–H groups in total. The van der Waals surface area contributed by atoms with Crippen LogP contribution in [0.25, 0.3) is 0 Å². The minimum atomic E-state index is -1.64. The minimum absolute atomic E-state index is 0.0746. The number of hydrogen-bond donors (Lipinski definition) is 2. The van der Waals surface area contributed by atoms with E-state index in [0.29, 0.717) is 0 Å². The average molecular weight is 253 g/mol. The molecule has 0 spiro atoms. The number of halogens is 4. The highest BCUT2D eigenvalue weighted by atomic mass is 19.2. The zero-order valence-corrected chi connectivity index (χ0v) is 8.94. The molecule has 1 atom stereocenters. The number of nitrogens with two attached hydrogens (primary N) is 1. The van der Waals surface area contributed by atoms with Crippen LogP contribution in [0, 0.1) is 23.3 Å². The van der Waals surface area contributed by atoms with Gasteiger partial charge in [0.15, 0.2) is 17.4 Å². The lowest BCUT2D eigenvalue weighted by Gasteiger charge is -2.22. The predicted octanol–water partition coefficient (Wildman–Crippen LogP) is 1.33. The van der Waals surface area contributed by atoms with Gasteiger partial charge in [0.25, 0.3) is 0 Å². The maximum Gasteiger partial charge on any atom is 0.203 e. The lowest BCUT2D eigenvalue weighted by atomic mass is 10.1. The van der Waals surface area contributed by atoms with Gasteiger partial charge in [-0.3, -0.25) is 0 Å². The lowest BCUT2D eigenvalue weighted by molar-refractivity contribution is 0.138. The van der Waals surface area contributed by atoms with E-state index < -0.39 is 47.8 Å². The highest BCUT2D eigenvalue weighted by molar-refractivity contribution is 5.28. The van der Waals surface area contributed by atoms with Gasteiger partial charge in [-0.15, -0.1) is 0 Å². The monoisotopic (exact) mass is 253 g/mol. The first-order valence-corrected chi connectivity index (χ1v) is 4.64. The van der Waals surface area contributed by atoms with Gasteiger partial charge in [-0.05, 0) is 6.92 Å². The Kier molecular flexibility index (Phi) is 3.94. The Hall–Kier alpha value is -1.34. The normalized spacial score (nSPS) is 14.5. The molecule has 0 fully saturated rings. The van der Waals surface area contributed by atoms with Crippen LogP contribution in [-0.2, 0) is 0 Å². The summed E-state index contributed by atoms with van der Waals surface area (Å²) in [4.78, 5) is 0. The Balaban J connectivity index is 2.99. The zero-order valence-electron chi connectivity index (χ0n) is 8.94. The maximum absolute atomic E-state index is 13.1. The van der Waals surface area contributed by atoms with Crippen LogP contribution in [0.1, 0.15) is 6.92 Å². The van der Waals surface area contributed by atoms with Gasteiger partial charge < -0.3 is 15.6 Å². The van der Waals surface area contributed by atoms with E-state index in [0.717, 1.165) is 0 Å². The number of rotatable bonds is 4. The molecule has 0 aliphatic heterocycles. The average Bonchev–Trinajstić information content (AvgIpc) is 2.26. The fourth-order valence-corrected chi connectivity index (χ4v) is 0.961. The summed E-state index contributed by atoms with van der Waals surface area (Å²) < 4.78 is 56.4. The molecule has 3 nitrogen and oxygen atoms in total. The van der Waals surface area contributed by atoms with Gasteiger partial charge >= 0.3 is 0 Å². The molecule has 0 aliphatic carbocycles. The third kappa shape index (κ3) is 3.07. The summed E-state index contributed by atoms with van der Waals surface area (Å²) in [6.07, 6.45) is 0. The molecule has 17 heavy (non-hydrogen) atoms. The number of benzene rings is 1. The first-order chi connectivity index (χ1) is 7.78. The van der Waals surface area contributed by atoms with Crippen molar-refractivity contribution in [1.29, 1.82) is 0 Å². The molecule has 0 aromatic heterocycles. The molecule has 1 unspecified atom stereocenters. The topological polar surface area (TPSA) is 55.5 Å². The van der Waals surface area contributed by atoms with Crippen LogP contribution in [0.4, 0.5) is 17.6 Å². The molecule has 0 aliphatic rings. The predicted molar refractivity (Wildman–Crippen MR) is 51.4 cm³/mol. The quantitative estimate of drug-likeness (QED) is 0.628. The van der Waals surface area contributed by atoms with Gasteiger partial charge in [-0.25, -0.2) is 8.78 Å². The van der Waals surface area contributed by atoms with Crippen LogP contribution < -0.4 is 10.5 Å².